The number of hydrogen-bond acceptors (Lipinski definition) is 2. The Morgan fingerprint density at radius 2 is 2.09 bits per heavy atom. The third-order valence-electron chi connectivity index (χ3n) is 1.41. The molecule has 0 amide bonds. The second-order valence-electron chi connectivity index (χ2n) is 2.50. The summed E-state index contributed by atoms with van der Waals surface area (Å²) < 4.78 is 0. The van der Waals surface area contributed by atoms with Crippen molar-refractivity contribution < 1.29 is 0 Å². The lowest BCUT2D eigenvalue weighted by molar-refractivity contribution is 0.310. The van der Waals surface area contributed by atoms with E-state index in [2.05, 4.69) is 32.2 Å². The zero-order chi connectivity index (χ0) is 8.85. The molecular formula is C9H16N2. The predicted octanol–water partition coefficient (Wildman–Crippen LogP) is 2.40. The molecule has 0 aliphatic heterocycles. The van der Waals surface area contributed by atoms with Crippen molar-refractivity contribution in [1.29, 1.82) is 0 Å². The van der Waals surface area contributed by atoms with E-state index in [1.165, 1.54) is 0 Å². The SMILES string of the molecule is C=C/C(=C/C)N(N=C)C(C)C. The highest BCUT2D eigenvalue weighted by Crippen LogP contribution is 2.09. The number of allylic oxidation sites excluding steroid dienone is 2. The van der Waals surface area contributed by atoms with Gasteiger partial charge in [-0.2, -0.15) is 5.10 Å². The Labute approximate surface area is 68.9 Å². The molecule has 0 rings (SSSR count). The Balaban J connectivity index is 4.47. The van der Waals surface area contributed by atoms with Gasteiger partial charge in [0.2, 0.25) is 0 Å². The smallest absolute Gasteiger partial charge is 0.0548 e. The van der Waals surface area contributed by atoms with Crippen molar-refractivity contribution in [2.45, 2.75) is 26.8 Å². The Hall–Kier alpha value is -1.05. The lowest BCUT2D eigenvalue weighted by Gasteiger charge is -2.23. The van der Waals surface area contributed by atoms with Crippen LogP contribution in [-0.4, -0.2) is 17.8 Å². The van der Waals surface area contributed by atoms with E-state index in [1.54, 1.807) is 6.08 Å². The van der Waals surface area contributed by atoms with Crippen LogP contribution in [0.3, 0.4) is 0 Å². The molecule has 0 saturated heterocycles. The summed E-state index contributed by atoms with van der Waals surface area (Å²) in [6, 6.07) is 0.330. The molecule has 0 N–H and O–H groups in total. The van der Waals surface area contributed by atoms with Gasteiger partial charge in [-0.15, -0.1) is 0 Å². The van der Waals surface area contributed by atoms with Crippen molar-refractivity contribution >= 4 is 6.72 Å². The minimum absolute atomic E-state index is 0.330. The molecule has 0 radical (unpaired) electrons. The average Bonchev–Trinajstić information content (AvgIpc) is 1.99. The van der Waals surface area contributed by atoms with Crippen LogP contribution in [0, 0.1) is 0 Å². The monoisotopic (exact) mass is 152 g/mol. The third kappa shape index (κ3) is 2.58. The minimum Gasteiger partial charge on any atom is -0.264 e. The van der Waals surface area contributed by atoms with Crippen molar-refractivity contribution in [3.8, 4) is 0 Å². The van der Waals surface area contributed by atoms with Crippen LogP contribution >= 0.6 is 0 Å². The molecule has 0 unspecified atom stereocenters. The van der Waals surface area contributed by atoms with E-state index in [1.807, 2.05) is 18.0 Å². The Morgan fingerprint density at radius 1 is 1.55 bits per heavy atom. The van der Waals surface area contributed by atoms with Gasteiger partial charge in [0.15, 0.2) is 0 Å². The maximum absolute atomic E-state index is 3.87. The van der Waals surface area contributed by atoms with Gasteiger partial charge in [-0.1, -0.05) is 12.7 Å². The largest absolute Gasteiger partial charge is 0.264 e. The van der Waals surface area contributed by atoms with E-state index in [9.17, 15) is 0 Å². The highest BCUT2D eigenvalue weighted by atomic mass is 15.5. The molecule has 0 heterocycles. The highest BCUT2D eigenvalue weighted by molar-refractivity contribution is 5.25. The average molecular weight is 152 g/mol. The predicted molar refractivity (Wildman–Crippen MR) is 50.5 cm³/mol. The number of hydrogen-bond donors (Lipinski definition) is 0. The Bertz CT molecular complexity index is 168. The van der Waals surface area contributed by atoms with Gasteiger partial charge in [-0.25, -0.2) is 0 Å². The molecule has 62 valence electrons. The van der Waals surface area contributed by atoms with Crippen molar-refractivity contribution in [2.75, 3.05) is 0 Å². The number of nitrogens with zero attached hydrogens (tertiary/aromatic N) is 2. The third-order valence-corrected chi connectivity index (χ3v) is 1.41. The summed E-state index contributed by atoms with van der Waals surface area (Å²) >= 11 is 0. The van der Waals surface area contributed by atoms with E-state index in [0.29, 0.717) is 6.04 Å². The van der Waals surface area contributed by atoms with Gasteiger partial charge in [0.05, 0.1) is 5.70 Å². The van der Waals surface area contributed by atoms with Gasteiger partial charge in [0.25, 0.3) is 0 Å². The molecule has 0 spiro atoms. The highest BCUT2D eigenvalue weighted by Gasteiger charge is 2.06. The summed E-state index contributed by atoms with van der Waals surface area (Å²) in [7, 11) is 0. The standard InChI is InChI=1S/C9H16N2/c1-6-9(7-2)11(10-5)8(3)4/h6-8H,1,5H2,2-4H3/b9-7-. The van der Waals surface area contributed by atoms with Crippen molar-refractivity contribution in [3.05, 3.63) is 24.4 Å². The van der Waals surface area contributed by atoms with E-state index < -0.39 is 0 Å². The zero-order valence-corrected chi connectivity index (χ0v) is 7.54. The van der Waals surface area contributed by atoms with Crippen LogP contribution in [0.5, 0.6) is 0 Å². The first-order valence-electron chi connectivity index (χ1n) is 3.72. The fourth-order valence-corrected chi connectivity index (χ4v) is 0.887. The Morgan fingerprint density at radius 3 is 2.18 bits per heavy atom. The molecule has 0 aromatic heterocycles. The molecule has 0 aliphatic rings. The summed E-state index contributed by atoms with van der Waals surface area (Å²) in [6.45, 7) is 13.2. The quantitative estimate of drug-likeness (QED) is 0.343. The van der Waals surface area contributed by atoms with Gasteiger partial charge in [0, 0.05) is 12.8 Å². The van der Waals surface area contributed by atoms with Gasteiger partial charge in [0.1, 0.15) is 0 Å². The van der Waals surface area contributed by atoms with Gasteiger partial charge in [-0.3, -0.25) is 5.01 Å². The van der Waals surface area contributed by atoms with Crippen molar-refractivity contribution in [1.82, 2.24) is 5.01 Å². The van der Waals surface area contributed by atoms with Crippen LogP contribution in [-0.2, 0) is 0 Å². The van der Waals surface area contributed by atoms with Crippen molar-refractivity contribution in [3.63, 3.8) is 0 Å². The first kappa shape index (κ1) is 9.95. The topological polar surface area (TPSA) is 15.6 Å². The first-order valence-corrected chi connectivity index (χ1v) is 3.72. The fourth-order valence-electron chi connectivity index (χ4n) is 0.887. The second kappa shape index (κ2) is 4.72. The van der Waals surface area contributed by atoms with Crippen LogP contribution in [0.15, 0.2) is 29.5 Å². The molecular weight excluding hydrogens is 136 g/mol. The summed E-state index contributed by atoms with van der Waals surface area (Å²) in [6.07, 6.45) is 3.73. The lowest BCUT2D eigenvalue weighted by Crippen LogP contribution is -2.23. The Kier molecular flexibility index (Phi) is 4.27. The maximum Gasteiger partial charge on any atom is 0.0548 e. The van der Waals surface area contributed by atoms with E-state index >= 15 is 0 Å². The number of hydrazone groups is 1. The molecule has 0 fully saturated rings. The molecule has 0 saturated carbocycles. The first-order chi connectivity index (χ1) is 5.17. The van der Waals surface area contributed by atoms with Crippen LogP contribution in [0.2, 0.25) is 0 Å². The van der Waals surface area contributed by atoms with E-state index in [-0.39, 0.29) is 0 Å². The van der Waals surface area contributed by atoms with Crippen LogP contribution < -0.4 is 0 Å². The zero-order valence-electron chi connectivity index (χ0n) is 7.54. The molecule has 0 bridgehead atoms. The van der Waals surface area contributed by atoms with Crippen LogP contribution in [0.25, 0.3) is 0 Å². The van der Waals surface area contributed by atoms with Gasteiger partial charge in [-0.05, 0) is 26.8 Å². The molecule has 11 heavy (non-hydrogen) atoms. The molecule has 2 nitrogen and oxygen atoms in total. The maximum atomic E-state index is 3.87. The summed E-state index contributed by atoms with van der Waals surface area (Å²) in [4.78, 5) is 0. The number of rotatable bonds is 4. The van der Waals surface area contributed by atoms with Gasteiger partial charge < -0.3 is 0 Å². The van der Waals surface area contributed by atoms with E-state index in [4.69, 9.17) is 0 Å². The summed E-state index contributed by atoms with van der Waals surface area (Å²) in [5, 5.41) is 5.70. The lowest BCUT2D eigenvalue weighted by atomic mass is 10.3. The molecule has 2 heteroatoms. The van der Waals surface area contributed by atoms with Crippen LogP contribution in [0.1, 0.15) is 20.8 Å². The molecule has 0 aromatic rings. The van der Waals surface area contributed by atoms with Gasteiger partial charge >= 0.3 is 0 Å². The molecule has 0 atom stereocenters. The van der Waals surface area contributed by atoms with E-state index in [0.717, 1.165) is 5.70 Å². The summed E-state index contributed by atoms with van der Waals surface area (Å²) in [5.74, 6) is 0. The second-order valence-corrected chi connectivity index (χ2v) is 2.50. The molecule has 0 aromatic carbocycles. The van der Waals surface area contributed by atoms with Crippen LogP contribution in [0.4, 0.5) is 0 Å². The summed E-state index contributed by atoms with van der Waals surface area (Å²) in [5.41, 5.74) is 0.995. The normalized spacial score (nSPS) is 11.5. The minimum atomic E-state index is 0.330. The fraction of sp³-hybridized carbons (Fsp3) is 0.444. The van der Waals surface area contributed by atoms with Crippen molar-refractivity contribution in [2.24, 2.45) is 5.10 Å². The molecule has 0 aliphatic carbocycles.